The summed E-state index contributed by atoms with van der Waals surface area (Å²) in [5.41, 5.74) is 1.64. The summed E-state index contributed by atoms with van der Waals surface area (Å²) in [6.45, 7) is 0. The molecule has 1 aromatic heterocycles. The van der Waals surface area contributed by atoms with E-state index in [1.165, 1.54) is 0 Å². The Balaban J connectivity index is 1.52. The number of fused-ring (bicyclic) bond motifs is 1. The van der Waals surface area contributed by atoms with Gasteiger partial charge in [0.25, 0.3) is 0 Å². The molecule has 2 amide bonds. The van der Waals surface area contributed by atoms with Crippen molar-refractivity contribution in [1.29, 1.82) is 0 Å². The number of nitrogens with one attached hydrogen (secondary N) is 3. The minimum Gasteiger partial charge on any atom is -0.340 e. The molecule has 0 unspecified atom stereocenters. The van der Waals surface area contributed by atoms with E-state index in [0.717, 1.165) is 40.8 Å². The number of hydrogen-bond donors (Lipinski definition) is 3. The van der Waals surface area contributed by atoms with Crippen LogP contribution in [0, 0.1) is 11.6 Å². The second kappa shape index (κ2) is 10.3. The SMILES string of the molecule is O=C(/C=C/c1c(F)ccc(Cl)c1F)N[C@@H](Cc1ccccc1)C(=O)Nc1ccc2cn[nH]c2c1. The lowest BCUT2D eigenvalue weighted by molar-refractivity contribution is -0.123. The number of rotatable bonds is 7. The highest BCUT2D eigenvalue weighted by Gasteiger charge is 2.21. The third-order valence-corrected chi connectivity index (χ3v) is 5.40. The first kappa shape index (κ1) is 23.1. The topological polar surface area (TPSA) is 86.9 Å². The number of amides is 2. The number of carbonyl (C=O) groups excluding carboxylic acids is 2. The minimum absolute atomic E-state index is 0.207. The van der Waals surface area contributed by atoms with E-state index in [2.05, 4.69) is 20.8 Å². The predicted molar refractivity (Wildman–Crippen MR) is 127 cm³/mol. The minimum atomic E-state index is -0.974. The fourth-order valence-corrected chi connectivity index (χ4v) is 3.54. The standard InChI is InChI=1S/C25H19ClF2N4O2/c26-19-9-10-20(27)18(24(19)28)8-11-23(33)31-22(12-15-4-2-1-3-5-15)25(34)30-17-7-6-16-14-29-32-21(16)13-17/h1-11,13-14,22H,12H2,(H,29,32)(H,30,34)(H,31,33)/b11-8+/t22-/m0/s1. The predicted octanol–water partition coefficient (Wildman–Crippen LogP) is 4.87. The van der Waals surface area contributed by atoms with E-state index in [0.29, 0.717) is 5.69 Å². The normalized spacial score (nSPS) is 12.1. The highest BCUT2D eigenvalue weighted by atomic mass is 35.5. The molecular weight excluding hydrogens is 462 g/mol. The summed E-state index contributed by atoms with van der Waals surface area (Å²) in [5.74, 6) is -2.99. The first-order valence-corrected chi connectivity index (χ1v) is 10.7. The average molecular weight is 481 g/mol. The fourth-order valence-electron chi connectivity index (χ4n) is 3.38. The number of anilines is 1. The van der Waals surface area contributed by atoms with E-state index < -0.39 is 35.1 Å². The van der Waals surface area contributed by atoms with E-state index in [-0.39, 0.29) is 11.4 Å². The molecular formula is C25H19ClF2N4O2. The number of nitrogens with zero attached hydrogens (tertiary/aromatic N) is 1. The summed E-state index contributed by atoms with van der Waals surface area (Å²) in [6.07, 6.45) is 3.81. The van der Waals surface area contributed by atoms with Crippen molar-refractivity contribution in [3.8, 4) is 0 Å². The van der Waals surface area contributed by atoms with Crippen molar-refractivity contribution in [1.82, 2.24) is 15.5 Å². The molecule has 0 fully saturated rings. The van der Waals surface area contributed by atoms with Crippen molar-refractivity contribution in [2.45, 2.75) is 12.5 Å². The maximum Gasteiger partial charge on any atom is 0.247 e. The zero-order valence-electron chi connectivity index (χ0n) is 17.7. The second-order valence-corrected chi connectivity index (χ2v) is 7.91. The van der Waals surface area contributed by atoms with E-state index in [1.54, 1.807) is 24.4 Å². The molecule has 3 N–H and O–H groups in total. The Labute approximate surface area is 198 Å². The van der Waals surface area contributed by atoms with Crippen LogP contribution >= 0.6 is 11.6 Å². The molecule has 0 bridgehead atoms. The summed E-state index contributed by atoms with van der Waals surface area (Å²) in [7, 11) is 0. The summed E-state index contributed by atoms with van der Waals surface area (Å²) in [6, 6.07) is 15.5. The van der Waals surface area contributed by atoms with Gasteiger partial charge in [0.15, 0.2) is 5.82 Å². The van der Waals surface area contributed by atoms with Gasteiger partial charge in [-0.3, -0.25) is 14.7 Å². The first-order valence-electron chi connectivity index (χ1n) is 10.3. The molecule has 0 saturated carbocycles. The number of aromatic nitrogens is 2. The van der Waals surface area contributed by atoms with Crippen LogP contribution in [0.2, 0.25) is 5.02 Å². The monoisotopic (exact) mass is 480 g/mol. The highest BCUT2D eigenvalue weighted by molar-refractivity contribution is 6.30. The van der Waals surface area contributed by atoms with Crippen LogP contribution in [0.3, 0.4) is 0 Å². The molecule has 172 valence electrons. The lowest BCUT2D eigenvalue weighted by Crippen LogP contribution is -2.44. The van der Waals surface area contributed by atoms with Crippen LogP contribution in [-0.2, 0) is 16.0 Å². The van der Waals surface area contributed by atoms with Crippen molar-refractivity contribution in [3.05, 3.63) is 101 Å². The summed E-state index contributed by atoms with van der Waals surface area (Å²) in [4.78, 5) is 25.6. The average Bonchev–Trinajstić information content (AvgIpc) is 3.30. The molecule has 0 aliphatic carbocycles. The molecule has 0 aliphatic heterocycles. The van der Waals surface area contributed by atoms with Crippen LogP contribution in [0.15, 0.2) is 72.9 Å². The Bertz CT molecular complexity index is 1370. The quantitative estimate of drug-likeness (QED) is 0.260. The fraction of sp³-hybridized carbons (Fsp3) is 0.0800. The van der Waals surface area contributed by atoms with E-state index >= 15 is 0 Å². The molecule has 4 rings (SSSR count). The largest absolute Gasteiger partial charge is 0.340 e. The van der Waals surface area contributed by atoms with Crippen molar-refractivity contribution in [2.75, 3.05) is 5.32 Å². The van der Waals surface area contributed by atoms with E-state index in [4.69, 9.17) is 11.6 Å². The number of halogens is 3. The number of aromatic amines is 1. The number of H-pyrrole nitrogens is 1. The van der Waals surface area contributed by atoms with Crippen molar-refractivity contribution in [2.24, 2.45) is 0 Å². The molecule has 4 aromatic rings. The van der Waals surface area contributed by atoms with Crippen LogP contribution in [0.4, 0.5) is 14.5 Å². The van der Waals surface area contributed by atoms with E-state index in [1.807, 2.05) is 30.3 Å². The Morgan fingerprint density at radius 3 is 2.68 bits per heavy atom. The van der Waals surface area contributed by atoms with Gasteiger partial charge in [-0.2, -0.15) is 5.10 Å². The molecule has 34 heavy (non-hydrogen) atoms. The van der Waals surface area contributed by atoms with Gasteiger partial charge in [0.2, 0.25) is 11.8 Å². The zero-order valence-corrected chi connectivity index (χ0v) is 18.4. The maximum atomic E-state index is 14.1. The summed E-state index contributed by atoms with van der Waals surface area (Å²) in [5, 5.41) is 12.8. The molecule has 9 heteroatoms. The van der Waals surface area contributed by atoms with Crippen molar-refractivity contribution < 1.29 is 18.4 Å². The second-order valence-electron chi connectivity index (χ2n) is 7.50. The van der Waals surface area contributed by atoms with Gasteiger partial charge in [-0.25, -0.2) is 8.78 Å². The smallest absolute Gasteiger partial charge is 0.247 e. The molecule has 6 nitrogen and oxygen atoms in total. The van der Waals surface area contributed by atoms with Crippen LogP contribution in [0.5, 0.6) is 0 Å². The lowest BCUT2D eigenvalue weighted by atomic mass is 10.0. The lowest BCUT2D eigenvalue weighted by Gasteiger charge is -2.18. The molecule has 1 heterocycles. The van der Waals surface area contributed by atoms with Crippen LogP contribution in [0.25, 0.3) is 17.0 Å². The highest BCUT2D eigenvalue weighted by Crippen LogP contribution is 2.22. The third kappa shape index (κ3) is 5.47. The van der Waals surface area contributed by atoms with Crippen molar-refractivity contribution >= 4 is 46.1 Å². The molecule has 3 aromatic carbocycles. The van der Waals surface area contributed by atoms with Crippen LogP contribution < -0.4 is 10.6 Å². The summed E-state index contributed by atoms with van der Waals surface area (Å²) >= 11 is 5.69. The van der Waals surface area contributed by atoms with E-state index in [9.17, 15) is 18.4 Å². The van der Waals surface area contributed by atoms with Gasteiger partial charge in [0.05, 0.1) is 16.7 Å². The molecule has 0 saturated heterocycles. The first-order chi connectivity index (χ1) is 16.4. The van der Waals surface area contributed by atoms with Crippen LogP contribution in [0.1, 0.15) is 11.1 Å². The van der Waals surface area contributed by atoms with Crippen molar-refractivity contribution in [3.63, 3.8) is 0 Å². The molecule has 1 atom stereocenters. The van der Waals surface area contributed by atoms with Gasteiger partial charge in [0, 0.05) is 29.1 Å². The van der Waals surface area contributed by atoms with Crippen LogP contribution in [-0.4, -0.2) is 28.1 Å². The van der Waals surface area contributed by atoms with Gasteiger partial charge in [0.1, 0.15) is 11.9 Å². The molecule has 0 spiro atoms. The van der Waals surface area contributed by atoms with Gasteiger partial charge in [-0.05, 0) is 42.0 Å². The number of hydrogen-bond acceptors (Lipinski definition) is 3. The van der Waals surface area contributed by atoms with Gasteiger partial charge in [-0.15, -0.1) is 0 Å². The number of benzene rings is 3. The van der Waals surface area contributed by atoms with Gasteiger partial charge in [-0.1, -0.05) is 41.9 Å². The maximum absolute atomic E-state index is 14.1. The Kier molecular flexibility index (Phi) is 6.98. The van der Waals surface area contributed by atoms with Gasteiger partial charge < -0.3 is 10.6 Å². The Hall–Kier alpha value is -4.04. The Morgan fingerprint density at radius 1 is 1.09 bits per heavy atom. The van der Waals surface area contributed by atoms with Gasteiger partial charge >= 0.3 is 0 Å². The third-order valence-electron chi connectivity index (χ3n) is 5.11. The Morgan fingerprint density at radius 2 is 1.88 bits per heavy atom. The number of carbonyl (C=O) groups is 2. The molecule has 0 aliphatic rings. The summed E-state index contributed by atoms with van der Waals surface area (Å²) < 4.78 is 28.0. The zero-order chi connectivity index (χ0) is 24.1. The molecule has 0 radical (unpaired) electrons.